The maximum atomic E-state index is 13.3. The van der Waals surface area contributed by atoms with E-state index >= 15 is 0 Å². The van der Waals surface area contributed by atoms with Crippen LogP contribution in [0, 0.1) is 5.82 Å². The van der Waals surface area contributed by atoms with E-state index in [1.807, 2.05) is 11.9 Å². The maximum Gasteiger partial charge on any atom is 0.510 e. The summed E-state index contributed by atoms with van der Waals surface area (Å²) in [7, 11) is -3.80. The van der Waals surface area contributed by atoms with E-state index in [1.54, 1.807) is 13.8 Å². The maximum absolute atomic E-state index is 13.3. The molecule has 176 valence electrons. The van der Waals surface area contributed by atoms with Crippen LogP contribution in [0.15, 0.2) is 27.7 Å². The molecule has 0 amide bonds. The van der Waals surface area contributed by atoms with Crippen molar-refractivity contribution >= 4 is 13.8 Å². The fourth-order valence-corrected chi connectivity index (χ4v) is 3.30. The smallest absolute Gasteiger partial charge is 0.432 e. The Kier molecular flexibility index (Phi) is 12.0. The number of hydrogen-bond donors (Lipinski definition) is 1. The summed E-state index contributed by atoms with van der Waals surface area (Å²) in [6.07, 6.45) is 1.42. The van der Waals surface area contributed by atoms with E-state index in [4.69, 9.17) is 23.3 Å². The first-order chi connectivity index (χ1) is 14.7. The molecule has 1 N–H and O–H groups in total. The molecule has 1 atom stereocenters. The molecule has 0 saturated heterocycles. The van der Waals surface area contributed by atoms with Crippen LogP contribution >= 0.6 is 7.60 Å². The van der Waals surface area contributed by atoms with Gasteiger partial charge < -0.3 is 18.7 Å². The van der Waals surface area contributed by atoms with Crippen molar-refractivity contribution in [2.75, 3.05) is 26.6 Å². The number of nitrogens with one attached hydrogen (secondary N) is 1. The molecule has 31 heavy (non-hydrogen) atoms. The Morgan fingerprint density at radius 1 is 1.29 bits per heavy atom. The van der Waals surface area contributed by atoms with Gasteiger partial charge in [-0.15, -0.1) is 0 Å². The lowest BCUT2D eigenvalue weighted by molar-refractivity contribution is -0.0122. The molecule has 11 nitrogen and oxygen atoms in total. The zero-order chi connectivity index (χ0) is 23.3. The minimum Gasteiger partial charge on any atom is -0.432 e. The summed E-state index contributed by atoms with van der Waals surface area (Å²) < 4.78 is 52.2. The fraction of sp³-hybridized carbons (Fsp3) is 0.611. The Bertz CT molecular complexity index is 882. The number of aryl methyl sites for hydroxylation is 1. The minimum absolute atomic E-state index is 0.00455. The summed E-state index contributed by atoms with van der Waals surface area (Å²) in [5.41, 5.74) is -1.88. The van der Waals surface area contributed by atoms with E-state index in [0.29, 0.717) is 19.6 Å². The molecule has 0 saturated carbocycles. The van der Waals surface area contributed by atoms with Crippen LogP contribution < -0.4 is 11.2 Å². The van der Waals surface area contributed by atoms with Gasteiger partial charge in [0, 0.05) is 25.6 Å². The lowest BCUT2D eigenvalue weighted by atomic mass is 10.4. The average Bonchev–Trinajstić information content (AvgIpc) is 2.68. The summed E-state index contributed by atoms with van der Waals surface area (Å²) in [4.78, 5) is 35.9. The molecule has 0 spiro atoms. The van der Waals surface area contributed by atoms with E-state index in [9.17, 15) is 23.3 Å². The van der Waals surface area contributed by atoms with Gasteiger partial charge in [-0.3, -0.25) is 23.4 Å². The third-order valence-electron chi connectivity index (χ3n) is 3.44. The van der Waals surface area contributed by atoms with Gasteiger partial charge in [0.1, 0.15) is 0 Å². The van der Waals surface area contributed by atoms with E-state index in [0.717, 1.165) is 16.6 Å². The predicted molar refractivity (Wildman–Crippen MR) is 108 cm³/mol. The number of aromatic amines is 1. The van der Waals surface area contributed by atoms with Gasteiger partial charge in [0.25, 0.3) is 5.56 Å². The predicted octanol–water partition coefficient (Wildman–Crippen LogP) is 2.75. The zero-order valence-electron chi connectivity index (χ0n) is 17.7. The minimum atomic E-state index is -3.80. The van der Waals surface area contributed by atoms with E-state index in [-0.39, 0.29) is 19.6 Å². The topological polar surface area (TPSA) is 135 Å². The number of H-pyrrole nitrogens is 1. The van der Waals surface area contributed by atoms with Gasteiger partial charge in [-0.1, -0.05) is 6.08 Å². The average molecular weight is 466 g/mol. The highest BCUT2D eigenvalue weighted by molar-refractivity contribution is 7.57. The number of aromatic nitrogens is 2. The van der Waals surface area contributed by atoms with Crippen molar-refractivity contribution < 1.29 is 37.0 Å². The van der Waals surface area contributed by atoms with Crippen LogP contribution in [0.1, 0.15) is 33.6 Å². The Labute approximate surface area is 178 Å². The zero-order valence-corrected chi connectivity index (χ0v) is 18.6. The van der Waals surface area contributed by atoms with Crippen LogP contribution in [0.5, 0.6) is 0 Å². The second-order valence-electron chi connectivity index (χ2n) is 6.33. The molecule has 0 aromatic carbocycles. The molecule has 1 rings (SSSR count). The lowest BCUT2D eigenvalue weighted by Crippen LogP contribution is -2.31. The highest BCUT2D eigenvalue weighted by atomic mass is 31.2. The Hall–Kier alpha value is -2.27. The normalized spacial score (nSPS) is 13.5. The van der Waals surface area contributed by atoms with E-state index in [2.05, 4.69) is 0 Å². The summed E-state index contributed by atoms with van der Waals surface area (Å²) in [6.45, 7) is 5.44. The van der Waals surface area contributed by atoms with Gasteiger partial charge >= 0.3 is 19.4 Å². The van der Waals surface area contributed by atoms with Crippen molar-refractivity contribution in [1.29, 1.82) is 0 Å². The Morgan fingerprint density at radius 3 is 2.71 bits per heavy atom. The van der Waals surface area contributed by atoms with E-state index < -0.39 is 43.7 Å². The van der Waals surface area contributed by atoms with Gasteiger partial charge in [0.15, 0.2) is 0 Å². The Balaban J connectivity index is 2.67. The molecule has 0 radical (unpaired) electrons. The molecule has 0 aliphatic heterocycles. The number of hydrogen-bond acceptors (Lipinski definition) is 9. The first-order valence-electron chi connectivity index (χ1n) is 9.63. The first kappa shape index (κ1) is 26.8. The van der Waals surface area contributed by atoms with Crippen molar-refractivity contribution in [3.8, 4) is 0 Å². The standard InChI is InChI=1S/C18H28FN2O9P/c1-4-26-9-7-10-28-31(25,29-13-27-18(24)30-14(2)3)11-6-5-8-21-12-15(19)16(22)20-17(21)23/h6,11-12,14H,4-5,7-10,13H2,1-3H3,(H,20,22,23)/b11-6+. The third kappa shape index (κ3) is 11.1. The Morgan fingerprint density at radius 2 is 2.03 bits per heavy atom. The second-order valence-corrected chi connectivity index (χ2v) is 8.23. The highest BCUT2D eigenvalue weighted by Gasteiger charge is 2.22. The molecule has 1 aromatic rings. The summed E-state index contributed by atoms with van der Waals surface area (Å²) in [6, 6.07) is 0. The molecule has 13 heteroatoms. The number of ether oxygens (including phenoxy) is 3. The molecule has 1 unspecified atom stereocenters. The molecule has 0 bridgehead atoms. The number of allylic oxidation sites excluding steroid dienone is 1. The van der Waals surface area contributed by atoms with E-state index in [1.165, 1.54) is 6.08 Å². The van der Waals surface area contributed by atoms with Crippen molar-refractivity contribution in [1.82, 2.24) is 9.55 Å². The number of halogens is 1. The van der Waals surface area contributed by atoms with Gasteiger partial charge in [-0.05, 0) is 33.6 Å². The monoisotopic (exact) mass is 466 g/mol. The quantitative estimate of drug-likeness (QED) is 0.190. The van der Waals surface area contributed by atoms with Crippen molar-refractivity contribution in [3.63, 3.8) is 0 Å². The number of carbonyl (C=O) groups excluding carboxylic acids is 1. The van der Waals surface area contributed by atoms with Crippen molar-refractivity contribution in [3.05, 3.63) is 44.7 Å². The summed E-state index contributed by atoms with van der Waals surface area (Å²) >= 11 is 0. The van der Waals surface area contributed by atoms with Gasteiger partial charge in [0.2, 0.25) is 12.6 Å². The molecule has 0 aliphatic carbocycles. The van der Waals surface area contributed by atoms with Crippen LogP contribution in [0.25, 0.3) is 0 Å². The fourth-order valence-electron chi connectivity index (χ4n) is 2.06. The van der Waals surface area contributed by atoms with Crippen molar-refractivity contribution in [2.24, 2.45) is 0 Å². The third-order valence-corrected chi connectivity index (χ3v) is 5.03. The van der Waals surface area contributed by atoms with Crippen LogP contribution in [-0.4, -0.2) is 48.4 Å². The first-order valence-corrected chi connectivity index (χ1v) is 11.2. The molecule has 1 heterocycles. The van der Waals surface area contributed by atoms with Gasteiger partial charge in [-0.2, -0.15) is 4.39 Å². The molecule has 0 aliphatic rings. The molecule has 0 fully saturated rings. The number of nitrogens with zero attached hydrogens (tertiary/aromatic N) is 1. The van der Waals surface area contributed by atoms with Crippen LogP contribution in [0.2, 0.25) is 0 Å². The SMILES string of the molecule is CCOCCCOP(=O)(/C=C/CCn1cc(F)c(=O)[nH]c1=O)OCOC(=O)OC(C)C. The van der Waals surface area contributed by atoms with Crippen LogP contribution in [0.4, 0.5) is 9.18 Å². The molecular weight excluding hydrogens is 438 g/mol. The second kappa shape index (κ2) is 13.9. The lowest BCUT2D eigenvalue weighted by Gasteiger charge is -2.16. The number of carbonyl (C=O) groups is 1. The van der Waals surface area contributed by atoms with Crippen LogP contribution in [0.3, 0.4) is 0 Å². The van der Waals surface area contributed by atoms with Gasteiger partial charge in [-0.25, -0.2) is 9.59 Å². The molecular formula is C18H28FN2O9P. The summed E-state index contributed by atoms with van der Waals surface area (Å²) in [5, 5.41) is 0. The number of rotatable bonds is 14. The summed E-state index contributed by atoms with van der Waals surface area (Å²) in [5.74, 6) is 0.0541. The highest BCUT2D eigenvalue weighted by Crippen LogP contribution is 2.50. The largest absolute Gasteiger partial charge is 0.510 e. The van der Waals surface area contributed by atoms with Crippen LogP contribution in [-0.2, 0) is 34.4 Å². The van der Waals surface area contributed by atoms with Gasteiger partial charge in [0.05, 0.1) is 18.9 Å². The molecule has 1 aromatic heterocycles. The van der Waals surface area contributed by atoms with Crippen molar-refractivity contribution in [2.45, 2.75) is 46.3 Å².